The molecule has 0 bridgehead atoms. The van der Waals surface area contributed by atoms with E-state index in [9.17, 15) is 4.79 Å². The predicted octanol–water partition coefficient (Wildman–Crippen LogP) is 4.66. The standard InChI is InChI=1S/C28H33N7O2S/c1-5-9-22-23(10-6-2)31-24(17-30-22)27(36)33-26-21(11-8-13-29-26)25-19-35-20(12-16-38-28(35)32-25)18-34(7-3)14-15-37-4/h5-6,8,10-13,17,19H,1,7,9,14-16,18H2,2-4H3,(H,29,33,36)/b10-6-. The van der Waals surface area contributed by atoms with Gasteiger partial charge in [-0.1, -0.05) is 36.9 Å². The van der Waals surface area contributed by atoms with Crippen LogP contribution in [0.5, 0.6) is 0 Å². The Morgan fingerprint density at radius 1 is 1.34 bits per heavy atom. The Morgan fingerprint density at radius 3 is 2.97 bits per heavy atom. The van der Waals surface area contributed by atoms with Crippen molar-refractivity contribution >= 4 is 35.3 Å². The van der Waals surface area contributed by atoms with Gasteiger partial charge in [-0.3, -0.25) is 19.2 Å². The van der Waals surface area contributed by atoms with Crippen LogP contribution >= 0.6 is 11.8 Å². The maximum absolute atomic E-state index is 13.2. The number of anilines is 1. The summed E-state index contributed by atoms with van der Waals surface area (Å²) >= 11 is 1.68. The van der Waals surface area contributed by atoms with Crippen LogP contribution in [0.4, 0.5) is 5.82 Å². The zero-order valence-electron chi connectivity index (χ0n) is 22.1. The number of amides is 1. The quantitative estimate of drug-likeness (QED) is 0.337. The molecule has 0 aliphatic carbocycles. The molecule has 0 saturated carbocycles. The van der Waals surface area contributed by atoms with Crippen LogP contribution < -0.4 is 5.32 Å². The van der Waals surface area contributed by atoms with Gasteiger partial charge in [-0.2, -0.15) is 0 Å². The number of methoxy groups -OCH3 is 1. The zero-order valence-corrected chi connectivity index (χ0v) is 22.9. The molecule has 0 fully saturated rings. The number of hydrogen-bond acceptors (Lipinski definition) is 8. The number of aromatic nitrogens is 5. The van der Waals surface area contributed by atoms with Crippen molar-refractivity contribution in [2.24, 2.45) is 0 Å². The number of ether oxygens (including phenoxy) is 1. The number of rotatable bonds is 12. The molecule has 198 valence electrons. The molecule has 0 saturated heterocycles. The highest BCUT2D eigenvalue weighted by atomic mass is 32.2. The third-order valence-corrected chi connectivity index (χ3v) is 6.93. The second-order valence-corrected chi connectivity index (χ2v) is 9.57. The summed E-state index contributed by atoms with van der Waals surface area (Å²) < 4.78 is 7.40. The van der Waals surface area contributed by atoms with Crippen LogP contribution in [0.3, 0.4) is 0 Å². The summed E-state index contributed by atoms with van der Waals surface area (Å²) in [4.78, 5) is 33.8. The molecule has 10 heteroatoms. The minimum Gasteiger partial charge on any atom is -0.383 e. The molecule has 4 heterocycles. The second kappa shape index (κ2) is 13.3. The molecule has 0 aromatic carbocycles. The summed E-state index contributed by atoms with van der Waals surface area (Å²) in [5.74, 6) is 0.895. The van der Waals surface area contributed by atoms with Crippen LogP contribution in [0.2, 0.25) is 0 Å². The Labute approximate surface area is 227 Å². The van der Waals surface area contributed by atoms with Crippen molar-refractivity contribution in [1.29, 1.82) is 0 Å². The van der Waals surface area contributed by atoms with Gasteiger partial charge in [0.25, 0.3) is 5.91 Å². The highest BCUT2D eigenvalue weighted by Crippen LogP contribution is 2.33. The SMILES string of the molecule is C=CCc1ncc(C(=O)Nc2ncccc2-c2cn3c(n2)SCC=C3CN(CC)CCOC)nc1/C=C\C. The van der Waals surface area contributed by atoms with E-state index in [2.05, 4.69) is 49.3 Å². The molecular formula is C28H33N7O2S. The molecule has 0 unspecified atom stereocenters. The highest BCUT2D eigenvalue weighted by molar-refractivity contribution is 7.99. The smallest absolute Gasteiger partial charge is 0.277 e. The Kier molecular flexibility index (Phi) is 9.58. The molecule has 9 nitrogen and oxygen atoms in total. The summed E-state index contributed by atoms with van der Waals surface area (Å²) in [5.41, 5.74) is 4.28. The van der Waals surface area contributed by atoms with Crippen LogP contribution in [-0.4, -0.2) is 74.4 Å². The van der Waals surface area contributed by atoms with Crippen molar-refractivity contribution in [1.82, 2.24) is 29.4 Å². The molecule has 3 aromatic heterocycles. The van der Waals surface area contributed by atoms with Gasteiger partial charge in [0.1, 0.15) is 11.5 Å². The monoisotopic (exact) mass is 531 g/mol. The first-order valence-corrected chi connectivity index (χ1v) is 13.6. The number of pyridine rings is 1. The molecule has 4 rings (SSSR count). The Balaban J connectivity index is 1.58. The first-order valence-electron chi connectivity index (χ1n) is 12.6. The van der Waals surface area contributed by atoms with E-state index < -0.39 is 0 Å². The zero-order chi connectivity index (χ0) is 26.9. The van der Waals surface area contributed by atoms with Crippen LogP contribution in [0, 0.1) is 0 Å². The number of carbonyl (C=O) groups excluding carboxylic acids is 1. The Morgan fingerprint density at radius 2 is 2.21 bits per heavy atom. The van der Waals surface area contributed by atoms with Gasteiger partial charge in [0, 0.05) is 56.0 Å². The van der Waals surface area contributed by atoms with E-state index in [1.807, 2.05) is 37.4 Å². The van der Waals surface area contributed by atoms with Crippen molar-refractivity contribution in [3.8, 4) is 11.3 Å². The lowest BCUT2D eigenvalue weighted by Crippen LogP contribution is -2.30. The summed E-state index contributed by atoms with van der Waals surface area (Å²) in [7, 11) is 1.72. The number of hydrogen-bond donors (Lipinski definition) is 1. The van der Waals surface area contributed by atoms with E-state index in [0.717, 1.165) is 47.5 Å². The lowest BCUT2D eigenvalue weighted by molar-refractivity contribution is 0.102. The van der Waals surface area contributed by atoms with Crippen molar-refractivity contribution in [2.45, 2.75) is 25.4 Å². The molecule has 1 aliphatic rings. The summed E-state index contributed by atoms with van der Waals surface area (Å²) in [6, 6.07) is 3.75. The van der Waals surface area contributed by atoms with E-state index in [1.54, 1.807) is 31.1 Å². The molecule has 0 radical (unpaired) electrons. The first-order chi connectivity index (χ1) is 18.6. The molecule has 1 amide bonds. The van der Waals surface area contributed by atoms with Gasteiger partial charge in [0.2, 0.25) is 0 Å². The lowest BCUT2D eigenvalue weighted by atomic mass is 10.2. The number of imidazole rings is 1. The summed E-state index contributed by atoms with van der Waals surface area (Å²) in [6.45, 7) is 11.1. The number of likely N-dealkylation sites (N-methyl/N-ethyl adjacent to an activating group) is 1. The lowest BCUT2D eigenvalue weighted by Gasteiger charge is -2.24. The van der Waals surface area contributed by atoms with Gasteiger partial charge in [0.05, 0.1) is 29.9 Å². The van der Waals surface area contributed by atoms with E-state index in [0.29, 0.717) is 24.5 Å². The molecule has 38 heavy (non-hydrogen) atoms. The minimum atomic E-state index is -0.385. The summed E-state index contributed by atoms with van der Waals surface area (Å²) in [6.07, 6.45) is 13.4. The number of nitrogens with one attached hydrogen (secondary N) is 1. The average Bonchev–Trinajstić information content (AvgIpc) is 3.37. The maximum Gasteiger partial charge on any atom is 0.277 e. The molecular weight excluding hydrogens is 498 g/mol. The first kappa shape index (κ1) is 27.4. The second-order valence-electron chi connectivity index (χ2n) is 8.58. The number of nitrogens with zero attached hydrogens (tertiary/aromatic N) is 6. The van der Waals surface area contributed by atoms with Gasteiger partial charge in [-0.05, 0) is 31.7 Å². The molecule has 1 aliphatic heterocycles. The fourth-order valence-corrected chi connectivity index (χ4v) is 4.95. The number of thioether (sulfide) groups is 1. The predicted molar refractivity (Wildman–Crippen MR) is 153 cm³/mol. The van der Waals surface area contributed by atoms with E-state index in [-0.39, 0.29) is 11.6 Å². The Hall–Kier alpha value is -3.60. The van der Waals surface area contributed by atoms with E-state index in [1.165, 1.54) is 11.9 Å². The normalized spacial score (nSPS) is 13.0. The maximum atomic E-state index is 13.2. The fourth-order valence-electron chi connectivity index (χ4n) is 4.06. The third-order valence-electron chi connectivity index (χ3n) is 6.05. The number of carbonyl (C=O) groups is 1. The number of fused-ring (bicyclic) bond motifs is 1. The van der Waals surface area contributed by atoms with Crippen molar-refractivity contribution in [2.75, 3.05) is 44.4 Å². The molecule has 0 atom stereocenters. The molecule has 0 spiro atoms. The van der Waals surface area contributed by atoms with Gasteiger partial charge in [-0.15, -0.1) is 6.58 Å². The summed E-state index contributed by atoms with van der Waals surface area (Å²) in [5, 5.41) is 3.83. The van der Waals surface area contributed by atoms with Gasteiger partial charge < -0.3 is 10.1 Å². The van der Waals surface area contributed by atoms with Crippen molar-refractivity contribution in [3.63, 3.8) is 0 Å². The van der Waals surface area contributed by atoms with Gasteiger partial charge >= 0.3 is 0 Å². The van der Waals surface area contributed by atoms with Gasteiger partial charge in [-0.25, -0.2) is 15.0 Å². The largest absolute Gasteiger partial charge is 0.383 e. The number of allylic oxidation sites excluding steroid dienone is 2. The van der Waals surface area contributed by atoms with Crippen LogP contribution in [0.25, 0.3) is 23.0 Å². The average molecular weight is 532 g/mol. The van der Waals surface area contributed by atoms with Crippen LogP contribution in [-0.2, 0) is 11.2 Å². The molecule has 1 N–H and O–H groups in total. The van der Waals surface area contributed by atoms with E-state index >= 15 is 0 Å². The van der Waals surface area contributed by atoms with Gasteiger partial charge in [0.15, 0.2) is 5.16 Å². The van der Waals surface area contributed by atoms with Crippen molar-refractivity contribution in [3.05, 3.63) is 72.6 Å². The fraction of sp³-hybridized carbons (Fsp3) is 0.321. The highest BCUT2D eigenvalue weighted by Gasteiger charge is 2.21. The molecule has 3 aromatic rings. The van der Waals surface area contributed by atoms with Crippen molar-refractivity contribution < 1.29 is 9.53 Å². The van der Waals surface area contributed by atoms with Crippen LogP contribution in [0.15, 0.2) is 60.7 Å². The van der Waals surface area contributed by atoms with Crippen LogP contribution in [0.1, 0.15) is 35.7 Å². The minimum absolute atomic E-state index is 0.211. The Bertz CT molecular complexity index is 1350. The van der Waals surface area contributed by atoms with E-state index in [4.69, 9.17) is 9.72 Å². The topological polar surface area (TPSA) is 98.1 Å². The third kappa shape index (κ3) is 6.45.